The molecule has 0 fully saturated rings. The van der Waals surface area contributed by atoms with Crippen LogP contribution in [0.4, 0.5) is 0 Å². The van der Waals surface area contributed by atoms with E-state index in [4.69, 9.17) is 16.0 Å². The highest BCUT2D eigenvalue weighted by molar-refractivity contribution is 6.30. The van der Waals surface area contributed by atoms with Gasteiger partial charge in [-0.15, -0.1) is 0 Å². The Morgan fingerprint density at radius 2 is 1.29 bits per heavy atom. The molecule has 3 heteroatoms. The number of hydrogen-bond donors (Lipinski definition) is 0. The first-order chi connectivity index (χ1) is 10.1. The standard InChI is InChI=1S/C18H13ClO2/c1-12-2-4-13(5-3-12)17-10-16(20)11-18(21-17)14-6-8-15(19)9-7-14/h2-11H,1H3. The van der Waals surface area contributed by atoms with Crippen LogP contribution in [0.1, 0.15) is 5.56 Å². The van der Waals surface area contributed by atoms with E-state index >= 15 is 0 Å². The summed E-state index contributed by atoms with van der Waals surface area (Å²) in [7, 11) is 0. The van der Waals surface area contributed by atoms with Crippen molar-refractivity contribution in [2.45, 2.75) is 6.92 Å². The second-order valence-electron chi connectivity index (χ2n) is 4.89. The number of benzene rings is 2. The van der Waals surface area contributed by atoms with Crippen LogP contribution in [-0.4, -0.2) is 0 Å². The molecule has 0 aliphatic rings. The van der Waals surface area contributed by atoms with E-state index in [9.17, 15) is 4.79 Å². The van der Waals surface area contributed by atoms with Crippen LogP contribution in [0.25, 0.3) is 22.6 Å². The normalized spacial score (nSPS) is 10.6. The summed E-state index contributed by atoms with van der Waals surface area (Å²) in [5.74, 6) is 1.10. The lowest BCUT2D eigenvalue weighted by atomic mass is 10.1. The molecule has 3 rings (SSSR count). The lowest BCUT2D eigenvalue weighted by molar-refractivity contribution is 0.580. The number of rotatable bonds is 2. The largest absolute Gasteiger partial charge is 0.456 e. The molecule has 0 aliphatic heterocycles. The zero-order chi connectivity index (χ0) is 14.8. The fourth-order valence-corrected chi connectivity index (χ4v) is 2.22. The van der Waals surface area contributed by atoms with Crippen LogP contribution in [0, 0.1) is 6.92 Å². The topological polar surface area (TPSA) is 30.2 Å². The van der Waals surface area contributed by atoms with E-state index in [1.807, 2.05) is 43.3 Å². The molecule has 3 aromatic rings. The van der Waals surface area contributed by atoms with Crippen LogP contribution >= 0.6 is 11.6 Å². The molecule has 2 nitrogen and oxygen atoms in total. The predicted molar refractivity (Wildman–Crippen MR) is 85.6 cm³/mol. The predicted octanol–water partition coefficient (Wildman–Crippen LogP) is 4.94. The SMILES string of the molecule is Cc1ccc(-c2cc(=O)cc(-c3ccc(Cl)cc3)o2)cc1. The zero-order valence-electron chi connectivity index (χ0n) is 11.5. The van der Waals surface area contributed by atoms with E-state index in [0.29, 0.717) is 16.5 Å². The van der Waals surface area contributed by atoms with Gasteiger partial charge in [-0.05, 0) is 31.2 Å². The van der Waals surface area contributed by atoms with Crippen LogP contribution in [0.3, 0.4) is 0 Å². The Kier molecular flexibility index (Phi) is 3.63. The Morgan fingerprint density at radius 1 is 0.810 bits per heavy atom. The first-order valence-electron chi connectivity index (χ1n) is 6.60. The third-order valence-electron chi connectivity index (χ3n) is 3.23. The van der Waals surface area contributed by atoms with Gasteiger partial charge >= 0.3 is 0 Å². The maximum atomic E-state index is 11.9. The van der Waals surface area contributed by atoms with E-state index in [1.54, 1.807) is 12.1 Å². The van der Waals surface area contributed by atoms with E-state index in [2.05, 4.69) is 0 Å². The molecule has 0 aliphatic carbocycles. The van der Waals surface area contributed by atoms with Gasteiger partial charge in [0.15, 0.2) is 5.43 Å². The van der Waals surface area contributed by atoms with Gasteiger partial charge in [-0.2, -0.15) is 0 Å². The summed E-state index contributed by atoms with van der Waals surface area (Å²) in [4.78, 5) is 11.9. The Labute approximate surface area is 127 Å². The Bertz CT molecular complexity index is 748. The van der Waals surface area contributed by atoms with Crippen LogP contribution < -0.4 is 5.43 Å². The monoisotopic (exact) mass is 296 g/mol. The van der Waals surface area contributed by atoms with Gasteiger partial charge in [0, 0.05) is 28.3 Å². The summed E-state index contributed by atoms with van der Waals surface area (Å²) >= 11 is 5.88. The van der Waals surface area contributed by atoms with Crippen LogP contribution in [0.5, 0.6) is 0 Å². The lowest BCUT2D eigenvalue weighted by Gasteiger charge is -2.05. The minimum absolute atomic E-state index is 0.0817. The minimum Gasteiger partial charge on any atom is -0.456 e. The highest BCUT2D eigenvalue weighted by atomic mass is 35.5. The third kappa shape index (κ3) is 3.06. The van der Waals surface area contributed by atoms with E-state index < -0.39 is 0 Å². The Morgan fingerprint density at radius 3 is 1.81 bits per heavy atom. The molecule has 0 unspecified atom stereocenters. The van der Waals surface area contributed by atoms with Crippen molar-refractivity contribution < 1.29 is 4.42 Å². The maximum absolute atomic E-state index is 11.9. The molecule has 0 spiro atoms. The van der Waals surface area contributed by atoms with E-state index in [-0.39, 0.29) is 5.43 Å². The second-order valence-corrected chi connectivity index (χ2v) is 5.33. The van der Waals surface area contributed by atoms with Crippen molar-refractivity contribution in [3.8, 4) is 22.6 Å². The van der Waals surface area contributed by atoms with Gasteiger partial charge in [0.05, 0.1) is 0 Å². The Balaban J connectivity index is 2.10. The molecule has 0 saturated carbocycles. The van der Waals surface area contributed by atoms with Gasteiger partial charge < -0.3 is 4.42 Å². The molecule has 104 valence electrons. The molecule has 0 saturated heterocycles. The van der Waals surface area contributed by atoms with E-state index in [0.717, 1.165) is 16.7 Å². The molecule has 0 atom stereocenters. The summed E-state index contributed by atoms with van der Waals surface area (Å²) in [6.07, 6.45) is 0. The zero-order valence-corrected chi connectivity index (χ0v) is 12.2. The van der Waals surface area contributed by atoms with Gasteiger partial charge in [0.25, 0.3) is 0 Å². The molecule has 0 amide bonds. The van der Waals surface area contributed by atoms with Crippen molar-refractivity contribution in [1.29, 1.82) is 0 Å². The first kappa shape index (κ1) is 13.7. The minimum atomic E-state index is -0.0817. The van der Waals surface area contributed by atoms with Crippen LogP contribution in [0.2, 0.25) is 5.02 Å². The summed E-state index contributed by atoms with van der Waals surface area (Å²) in [5.41, 5.74) is 2.79. The first-order valence-corrected chi connectivity index (χ1v) is 6.98. The van der Waals surface area contributed by atoms with Crippen LogP contribution in [0.15, 0.2) is 69.9 Å². The maximum Gasteiger partial charge on any atom is 0.186 e. The summed E-state index contributed by atoms with van der Waals surface area (Å²) in [6.45, 7) is 2.02. The molecule has 0 N–H and O–H groups in total. The summed E-state index contributed by atoms with van der Waals surface area (Å²) < 4.78 is 5.87. The molecule has 1 aromatic heterocycles. The average molecular weight is 297 g/mol. The van der Waals surface area contributed by atoms with Gasteiger partial charge in [0.1, 0.15) is 11.5 Å². The smallest absolute Gasteiger partial charge is 0.186 e. The molecule has 21 heavy (non-hydrogen) atoms. The van der Waals surface area contributed by atoms with Crippen molar-refractivity contribution in [3.63, 3.8) is 0 Å². The third-order valence-corrected chi connectivity index (χ3v) is 3.48. The van der Waals surface area contributed by atoms with Crippen molar-refractivity contribution in [1.82, 2.24) is 0 Å². The van der Waals surface area contributed by atoms with Crippen molar-refractivity contribution >= 4 is 11.6 Å². The quantitative estimate of drug-likeness (QED) is 0.671. The van der Waals surface area contributed by atoms with Crippen molar-refractivity contribution in [3.05, 3.63) is 81.5 Å². The lowest BCUT2D eigenvalue weighted by Crippen LogP contribution is -1.98. The number of halogens is 1. The average Bonchev–Trinajstić information content (AvgIpc) is 2.48. The van der Waals surface area contributed by atoms with E-state index in [1.165, 1.54) is 12.1 Å². The van der Waals surface area contributed by atoms with Crippen LogP contribution in [-0.2, 0) is 0 Å². The van der Waals surface area contributed by atoms with Crippen molar-refractivity contribution in [2.24, 2.45) is 0 Å². The van der Waals surface area contributed by atoms with Gasteiger partial charge in [-0.1, -0.05) is 41.4 Å². The number of aryl methyl sites for hydroxylation is 1. The molecular formula is C18H13ClO2. The molecular weight excluding hydrogens is 284 g/mol. The Hall–Kier alpha value is -2.32. The van der Waals surface area contributed by atoms with Crippen molar-refractivity contribution in [2.75, 3.05) is 0 Å². The van der Waals surface area contributed by atoms with Gasteiger partial charge in [-0.3, -0.25) is 4.79 Å². The molecule has 0 bridgehead atoms. The van der Waals surface area contributed by atoms with Gasteiger partial charge in [0.2, 0.25) is 0 Å². The highest BCUT2D eigenvalue weighted by Crippen LogP contribution is 2.25. The summed E-state index contributed by atoms with van der Waals surface area (Å²) in [5, 5.41) is 0.649. The van der Waals surface area contributed by atoms with Gasteiger partial charge in [-0.25, -0.2) is 0 Å². The fourth-order valence-electron chi connectivity index (χ4n) is 2.09. The molecule has 2 aromatic carbocycles. The highest BCUT2D eigenvalue weighted by Gasteiger charge is 2.07. The molecule has 0 radical (unpaired) electrons. The molecule has 1 heterocycles. The summed E-state index contributed by atoms with van der Waals surface area (Å²) in [6, 6.07) is 18.1. The number of hydrogen-bond acceptors (Lipinski definition) is 2. The fraction of sp³-hybridized carbons (Fsp3) is 0.0556. The second kappa shape index (κ2) is 5.58.